The maximum absolute atomic E-state index is 13.7. The highest BCUT2D eigenvalue weighted by Crippen LogP contribution is 2.25. The Hall–Kier alpha value is -4.49. The lowest BCUT2D eigenvalue weighted by Crippen LogP contribution is -2.59. The first-order chi connectivity index (χ1) is 22.6. The van der Waals surface area contributed by atoms with E-state index in [2.05, 4.69) is 16.0 Å². The van der Waals surface area contributed by atoms with Gasteiger partial charge in [0.2, 0.25) is 11.8 Å². The number of likely N-dealkylation sites (tertiary alicyclic amines) is 1. The van der Waals surface area contributed by atoms with Gasteiger partial charge in [0.25, 0.3) is 11.8 Å². The van der Waals surface area contributed by atoms with Gasteiger partial charge in [0.15, 0.2) is 12.7 Å². The van der Waals surface area contributed by atoms with Gasteiger partial charge >= 0.3 is 0 Å². The lowest BCUT2D eigenvalue weighted by molar-refractivity contribution is -0.147. The molecule has 258 valence electrons. The normalized spacial score (nSPS) is 16.9. The summed E-state index contributed by atoms with van der Waals surface area (Å²) in [5.41, 5.74) is 0.154. The molecule has 1 aliphatic heterocycles. The predicted molar refractivity (Wildman–Crippen MR) is 182 cm³/mol. The lowest BCUT2D eigenvalue weighted by atomic mass is 9.99. The smallest absolute Gasteiger partial charge is 0.258 e. The predicted octanol–water partition coefficient (Wildman–Crippen LogP) is 1.74. The highest BCUT2D eigenvalue weighted by atomic mass is 32.2. The molecule has 4 atom stereocenters. The Balaban J connectivity index is 1.51. The molecule has 0 spiro atoms. The van der Waals surface area contributed by atoms with Crippen LogP contribution in [-0.2, 0) is 35.4 Å². The second kappa shape index (κ2) is 15.6. The molecule has 0 radical (unpaired) electrons. The van der Waals surface area contributed by atoms with Crippen molar-refractivity contribution in [1.29, 1.82) is 0 Å². The summed E-state index contributed by atoms with van der Waals surface area (Å²) in [6.07, 6.45) is 0.137. The summed E-state index contributed by atoms with van der Waals surface area (Å²) in [6.45, 7) is 5.23. The minimum atomic E-state index is -3.78. The number of rotatable bonds is 13. The van der Waals surface area contributed by atoms with Crippen molar-refractivity contribution in [3.8, 4) is 5.75 Å². The molecule has 4 amide bonds. The highest BCUT2D eigenvalue weighted by Gasteiger charge is 2.41. The average molecular weight is 681 g/mol. The van der Waals surface area contributed by atoms with Crippen LogP contribution in [0.15, 0.2) is 72.8 Å². The molecule has 3 aromatic carbocycles. The van der Waals surface area contributed by atoms with E-state index in [1.54, 1.807) is 42.5 Å². The Morgan fingerprint density at radius 3 is 2.31 bits per heavy atom. The van der Waals surface area contributed by atoms with Crippen molar-refractivity contribution in [3.05, 3.63) is 78.4 Å². The maximum Gasteiger partial charge on any atom is 0.258 e. The minimum absolute atomic E-state index is 0.00984. The fourth-order valence-corrected chi connectivity index (χ4v) is 6.52. The third kappa shape index (κ3) is 10.3. The zero-order valence-corrected chi connectivity index (χ0v) is 28.5. The number of sulfone groups is 1. The van der Waals surface area contributed by atoms with Crippen LogP contribution < -0.4 is 20.7 Å². The van der Waals surface area contributed by atoms with Crippen molar-refractivity contribution >= 4 is 44.2 Å². The van der Waals surface area contributed by atoms with Gasteiger partial charge in [-0.25, -0.2) is 8.42 Å². The molecule has 3 aromatic rings. The Kier molecular flexibility index (Phi) is 11.8. The van der Waals surface area contributed by atoms with E-state index in [0.717, 1.165) is 17.0 Å². The van der Waals surface area contributed by atoms with Crippen LogP contribution in [-0.4, -0.2) is 97.0 Å². The molecule has 1 saturated heterocycles. The fraction of sp³-hybridized carbons (Fsp3) is 0.429. The number of hydrogen-bond acceptors (Lipinski definition) is 8. The summed E-state index contributed by atoms with van der Waals surface area (Å²) in [7, 11) is -3.78. The van der Waals surface area contributed by atoms with Gasteiger partial charge in [0, 0.05) is 23.7 Å². The Labute approximate surface area is 281 Å². The van der Waals surface area contributed by atoms with Gasteiger partial charge in [-0.1, -0.05) is 66.7 Å². The zero-order chi connectivity index (χ0) is 35.1. The first-order valence-corrected chi connectivity index (χ1v) is 17.9. The van der Waals surface area contributed by atoms with Crippen LogP contribution in [0.25, 0.3) is 10.8 Å². The zero-order valence-electron chi connectivity index (χ0n) is 27.6. The van der Waals surface area contributed by atoms with E-state index in [4.69, 9.17) is 4.74 Å². The summed E-state index contributed by atoms with van der Waals surface area (Å²) in [6, 6.07) is 18.1. The summed E-state index contributed by atoms with van der Waals surface area (Å²) in [5, 5.41) is 21.0. The summed E-state index contributed by atoms with van der Waals surface area (Å²) in [4.78, 5) is 54.7. The molecule has 0 bridgehead atoms. The summed E-state index contributed by atoms with van der Waals surface area (Å²) < 4.78 is 30.4. The van der Waals surface area contributed by atoms with E-state index >= 15 is 0 Å². The van der Waals surface area contributed by atoms with Crippen molar-refractivity contribution in [1.82, 2.24) is 20.9 Å². The van der Waals surface area contributed by atoms with E-state index < -0.39 is 69.7 Å². The molecule has 0 saturated carbocycles. The number of nitrogens with zero attached hydrogens (tertiary/aromatic N) is 1. The minimum Gasteiger partial charge on any atom is -0.483 e. The van der Waals surface area contributed by atoms with Gasteiger partial charge < -0.3 is 30.7 Å². The third-order valence-corrected chi connectivity index (χ3v) is 8.77. The maximum atomic E-state index is 13.7. The van der Waals surface area contributed by atoms with Crippen LogP contribution in [0.2, 0.25) is 0 Å². The van der Waals surface area contributed by atoms with Crippen LogP contribution in [0.3, 0.4) is 0 Å². The molecule has 1 fully saturated rings. The molecule has 1 aliphatic rings. The Bertz CT molecular complexity index is 1720. The number of ether oxygens (including phenoxy) is 1. The Morgan fingerprint density at radius 1 is 0.958 bits per heavy atom. The van der Waals surface area contributed by atoms with Crippen molar-refractivity contribution in [2.24, 2.45) is 0 Å². The molecular formula is C35H44N4O8S. The molecular weight excluding hydrogens is 636 g/mol. The van der Waals surface area contributed by atoms with Crippen molar-refractivity contribution < 1.29 is 37.4 Å². The fourth-order valence-electron chi connectivity index (χ4n) is 5.68. The molecule has 4 N–H and O–H groups in total. The highest BCUT2D eigenvalue weighted by molar-refractivity contribution is 7.90. The van der Waals surface area contributed by atoms with Gasteiger partial charge in [0.05, 0.1) is 11.8 Å². The van der Waals surface area contributed by atoms with Gasteiger partial charge in [-0.15, -0.1) is 0 Å². The largest absolute Gasteiger partial charge is 0.483 e. The topological polar surface area (TPSA) is 171 Å². The van der Waals surface area contributed by atoms with Crippen LogP contribution in [0, 0.1) is 0 Å². The second-order valence-electron chi connectivity index (χ2n) is 13.2. The van der Waals surface area contributed by atoms with Crippen molar-refractivity contribution in [2.75, 3.05) is 25.2 Å². The third-order valence-electron chi connectivity index (χ3n) is 7.83. The van der Waals surface area contributed by atoms with Gasteiger partial charge in [-0.05, 0) is 57.0 Å². The van der Waals surface area contributed by atoms with E-state index in [9.17, 15) is 32.7 Å². The quantitative estimate of drug-likeness (QED) is 0.212. The molecule has 1 heterocycles. The van der Waals surface area contributed by atoms with Crippen molar-refractivity contribution in [3.63, 3.8) is 0 Å². The molecule has 12 nitrogen and oxygen atoms in total. The van der Waals surface area contributed by atoms with Gasteiger partial charge in [-0.2, -0.15) is 0 Å². The van der Waals surface area contributed by atoms with Gasteiger partial charge in [-0.3, -0.25) is 19.2 Å². The number of nitrogens with one attached hydrogen (secondary N) is 3. The summed E-state index contributed by atoms with van der Waals surface area (Å²) >= 11 is 0. The first kappa shape index (κ1) is 36.3. The SMILES string of the molecule is CC(C)(C)NC(=O)[C@@H]1CCCN1C(=O)[C@@H](O)[C@H](Cc1ccccc1)NC(=O)[C@H](CS(C)(=O)=O)NC(=O)COc1cccc2ccccc12. The van der Waals surface area contributed by atoms with Crippen LogP contribution in [0.5, 0.6) is 5.75 Å². The molecule has 48 heavy (non-hydrogen) atoms. The number of fused-ring (bicyclic) bond motifs is 1. The van der Waals surface area contributed by atoms with E-state index in [1.165, 1.54) is 4.90 Å². The summed E-state index contributed by atoms with van der Waals surface area (Å²) in [5.74, 6) is -3.03. The molecule has 0 unspecified atom stereocenters. The monoisotopic (exact) mass is 680 g/mol. The number of carbonyl (C=O) groups excluding carboxylic acids is 4. The number of aliphatic hydroxyl groups excluding tert-OH is 1. The van der Waals surface area contributed by atoms with E-state index in [-0.39, 0.29) is 18.9 Å². The number of amides is 4. The Morgan fingerprint density at radius 2 is 1.62 bits per heavy atom. The average Bonchev–Trinajstić information content (AvgIpc) is 3.52. The number of hydrogen-bond donors (Lipinski definition) is 4. The van der Waals surface area contributed by atoms with Crippen LogP contribution >= 0.6 is 0 Å². The number of benzene rings is 3. The molecule has 13 heteroatoms. The standard InChI is InChI=1S/C35H44N4O8S/c1-35(2,3)38-33(43)28-17-11-19-39(28)34(44)31(41)26(20-23-12-6-5-7-13-23)37-32(42)27(22-48(4,45)46)36-30(40)21-47-29-18-10-15-24-14-8-9-16-25(24)29/h5-10,12-16,18,26-28,31,41H,11,17,19-22H2,1-4H3,(H,36,40)(H,37,42)(H,38,43)/t26-,27-,28-,31-/m0/s1. The molecule has 0 aliphatic carbocycles. The molecule has 0 aromatic heterocycles. The van der Waals surface area contributed by atoms with Crippen LogP contribution in [0.4, 0.5) is 0 Å². The van der Waals surface area contributed by atoms with E-state index in [1.807, 2.05) is 51.1 Å². The first-order valence-electron chi connectivity index (χ1n) is 15.8. The van der Waals surface area contributed by atoms with Crippen molar-refractivity contribution in [2.45, 2.75) is 69.8 Å². The second-order valence-corrected chi connectivity index (χ2v) is 15.3. The van der Waals surface area contributed by atoms with Crippen LogP contribution in [0.1, 0.15) is 39.2 Å². The van der Waals surface area contributed by atoms with E-state index in [0.29, 0.717) is 24.2 Å². The number of carbonyl (C=O) groups is 4. The number of aliphatic hydroxyl groups is 1. The van der Waals surface area contributed by atoms with Gasteiger partial charge in [0.1, 0.15) is 27.7 Å². The molecule has 4 rings (SSSR count). The lowest BCUT2D eigenvalue weighted by Gasteiger charge is -2.32.